The van der Waals surface area contributed by atoms with Gasteiger partial charge in [-0.1, -0.05) is 74.3 Å². The summed E-state index contributed by atoms with van der Waals surface area (Å²) in [6, 6.07) is 14.9. The first-order chi connectivity index (χ1) is 20.5. The van der Waals surface area contributed by atoms with Crippen molar-refractivity contribution in [1.29, 1.82) is 5.26 Å². The molecule has 0 aliphatic carbocycles. The van der Waals surface area contributed by atoms with Crippen molar-refractivity contribution in [3.63, 3.8) is 0 Å². The summed E-state index contributed by atoms with van der Waals surface area (Å²) in [5.41, 5.74) is -2.74. The Morgan fingerprint density at radius 1 is 1.02 bits per heavy atom. The molecule has 3 aromatic rings. The van der Waals surface area contributed by atoms with Gasteiger partial charge in [-0.2, -0.15) is 5.26 Å². The van der Waals surface area contributed by atoms with Crippen LogP contribution < -0.4 is 10.6 Å². The van der Waals surface area contributed by atoms with Crippen LogP contribution in [0.15, 0.2) is 60.7 Å². The molecule has 0 spiro atoms. The number of para-hydroxylation sites is 1. The summed E-state index contributed by atoms with van der Waals surface area (Å²) >= 11 is 12.3. The Bertz CT molecular complexity index is 1630. The number of nitrogens with zero attached hydrogens (tertiary/aromatic N) is 1. The van der Waals surface area contributed by atoms with Gasteiger partial charge in [0.25, 0.3) is 0 Å². The predicted molar refractivity (Wildman–Crippen MR) is 168 cm³/mol. The van der Waals surface area contributed by atoms with Crippen LogP contribution in [0.5, 0.6) is 0 Å². The number of hydrogen-bond donors (Lipinski definition) is 2. The SMILES string of the molecule is CC(C)(C)C[C@@H]1N[C@@H](C(=O)Nc2ccccc2C(=O)OC(C)(C)C)C(c2cccc(Cl)c2F)[C@@]1(C#N)c1ccc(Cl)cc1F. The third-order valence-electron chi connectivity index (χ3n) is 7.54. The van der Waals surface area contributed by atoms with E-state index in [1.54, 1.807) is 39.0 Å². The van der Waals surface area contributed by atoms with Crippen molar-refractivity contribution in [3.05, 3.63) is 99.0 Å². The molecule has 1 aliphatic rings. The van der Waals surface area contributed by atoms with Gasteiger partial charge >= 0.3 is 5.97 Å². The quantitative estimate of drug-likeness (QED) is 0.265. The Kier molecular flexibility index (Phi) is 9.46. The maximum atomic E-state index is 15.9. The molecule has 4 rings (SSSR count). The highest BCUT2D eigenvalue weighted by molar-refractivity contribution is 6.31. The van der Waals surface area contributed by atoms with Crippen LogP contribution in [0.25, 0.3) is 0 Å². The molecule has 1 aliphatic heterocycles. The average Bonchev–Trinajstić information content (AvgIpc) is 3.22. The maximum Gasteiger partial charge on any atom is 0.340 e. The topological polar surface area (TPSA) is 91.2 Å². The van der Waals surface area contributed by atoms with E-state index in [9.17, 15) is 14.9 Å². The van der Waals surface area contributed by atoms with Gasteiger partial charge in [-0.3, -0.25) is 4.79 Å². The lowest BCUT2D eigenvalue weighted by atomic mass is 9.62. The van der Waals surface area contributed by atoms with E-state index in [2.05, 4.69) is 16.7 Å². The number of carbonyl (C=O) groups excluding carboxylic acids is 2. The van der Waals surface area contributed by atoms with Crippen molar-refractivity contribution in [2.24, 2.45) is 5.41 Å². The van der Waals surface area contributed by atoms with E-state index in [1.165, 1.54) is 36.4 Å². The third-order valence-corrected chi connectivity index (χ3v) is 8.06. The fourth-order valence-corrected chi connectivity index (χ4v) is 6.21. The molecule has 10 heteroatoms. The first-order valence-electron chi connectivity index (χ1n) is 14.2. The zero-order chi connectivity index (χ0) is 32.6. The lowest BCUT2D eigenvalue weighted by Gasteiger charge is -2.37. The largest absolute Gasteiger partial charge is 0.456 e. The van der Waals surface area contributed by atoms with Gasteiger partial charge in [0.2, 0.25) is 5.91 Å². The van der Waals surface area contributed by atoms with E-state index in [-0.39, 0.29) is 32.4 Å². The Labute approximate surface area is 266 Å². The number of rotatable bonds is 6. The standard InChI is InChI=1S/C34H35Cl2F2N3O3/c1-32(2,3)17-26-34(18-39,22-15-14-19(35)16-24(22)37)27(21-11-9-12-23(36)28(21)38)29(41-26)30(42)40-25-13-8-7-10-20(25)31(43)44-33(4,5)6/h7-16,26-27,29,41H,17H2,1-6H3,(H,40,42)/t26-,27?,29+,34-/m0/s1. The van der Waals surface area contributed by atoms with Crippen LogP contribution in [0.2, 0.25) is 10.0 Å². The summed E-state index contributed by atoms with van der Waals surface area (Å²) < 4.78 is 37.2. The molecule has 1 fully saturated rings. The zero-order valence-electron chi connectivity index (χ0n) is 25.4. The number of halogens is 4. The van der Waals surface area contributed by atoms with Gasteiger partial charge in [-0.05, 0) is 68.5 Å². The number of benzene rings is 3. The highest BCUT2D eigenvalue weighted by Crippen LogP contribution is 2.53. The van der Waals surface area contributed by atoms with Crippen LogP contribution in [-0.2, 0) is 14.9 Å². The smallest absolute Gasteiger partial charge is 0.340 e. The minimum absolute atomic E-state index is 0.0278. The molecule has 6 nitrogen and oxygen atoms in total. The molecule has 0 saturated carbocycles. The van der Waals surface area contributed by atoms with Crippen LogP contribution in [0.4, 0.5) is 14.5 Å². The van der Waals surface area contributed by atoms with Crippen molar-refractivity contribution >= 4 is 40.8 Å². The molecular weight excluding hydrogens is 607 g/mol. The Hall–Kier alpha value is -3.51. The summed E-state index contributed by atoms with van der Waals surface area (Å²) in [7, 11) is 0. The van der Waals surface area contributed by atoms with Crippen molar-refractivity contribution < 1.29 is 23.1 Å². The molecule has 0 bridgehead atoms. The van der Waals surface area contributed by atoms with Gasteiger partial charge in [0, 0.05) is 22.5 Å². The number of carbonyl (C=O) groups is 2. The van der Waals surface area contributed by atoms with Crippen LogP contribution in [-0.4, -0.2) is 29.6 Å². The van der Waals surface area contributed by atoms with Gasteiger partial charge in [0.1, 0.15) is 22.7 Å². The van der Waals surface area contributed by atoms with E-state index in [0.29, 0.717) is 6.42 Å². The number of anilines is 1. The second kappa shape index (κ2) is 12.5. The molecule has 1 saturated heterocycles. The van der Waals surface area contributed by atoms with Crippen LogP contribution >= 0.6 is 23.2 Å². The van der Waals surface area contributed by atoms with Crippen molar-refractivity contribution in [1.82, 2.24) is 5.32 Å². The Morgan fingerprint density at radius 3 is 2.32 bits per heavy atom. The molecule has 1 amide bonds. The van der Waals surface area contributed by atoms with Gasteiger partial charge < -0.3 is 15.4 Å². The summed E-state index contributed by atoms with van der Waals surface area (Å²) in [6.45, 7) is 11.0. The van der Waals surface area contributed by atoms with Crippen LogP contribution in [0.1, 0.15) is 75.4 Å². The van der Waals surface area contributed by atoms with E-state index in [0.717, 1.165) is 6.07 Å². The van der Waals surface area contributed by atoms with Crippen molar-refractivity contribution in [2.75, 3.05) is 5.32 Å². The normalized spacial score (nSPS) is 21.9. The second-order valence-electron chi connectivity index (χ2n) is 13.2. The number of ether oxygens (including phenoxy) is 1. The van der Waals surface area contributed by atoms with Crippen LogP contribution in [0.3, 0.4) is 0 Å². The minimum atomic E-state index is -1.78. The third kappa shape index (κ3) is 6.76. The molecule has 4 atom stereocenters. The number of hydrogen-bond acceptors (Lipinski definition) is 5. The summed E-state index contributed by atoms with van der Waals surface area (Å²) in [4.78, 5) is 27.2. The zero-order valence-corrected chi connectivity index (χ0v) is 26.9. The first-order valence-corrected chi connectivity index (χ1v) is 14.9. The Morgan fingerprint density at radius 2 is 1.70 bits per heavy atom. The molecular formula is C34H35Cl2F2N3O3. The van der Waals surface area contributed by atoms with Crippen molar-refractivity contribution in [2.45, 2.75) is 77.0 Å². The van der Waals surface area contributed by atoms with E-state index >= 15 is 8.78 Å². The highest BCUT2D eigenvalue weighted by Gasteiger charge is 2.61. The summed E-state index contributed by atoms with van der Waals surface area (Å²) in [5.74, 6) is -4.13. The fraction of sp³-hybridized carbons (Fsp3) is 0.382. The van der Waals surface area contributed by atoms with E-state index in [1.807, 2.05) is 20.8 Å². The molecule has 1 heterocycles. The number of esters is 1. The molecule has 3 aromatic carbocycles. The molecule has 232 valence electrons. The van der Waals surface area contributed by atoms with E-state index in [4.69, 9.17) is 27.9 Å². The molecule has 1 unspecified atom stereocenters. The number of nitrogens with one attached hydrogen (secondary N) is 2. The predicted octanol–water partition coefficient (Wildman–Crippen LogP) is 8.19. The van der Waals surface area contributed by atoms with Gasteiger partial charge in [0.15, 0.2) is 0 Å². The highest BCUT2D eigenvalue weighted by atomic mass is 35.5. The molecule has 0 aromatic heterocycles. The van der Waals surface area contributed by atoms with Crippen molar-refractivity contribution in [3.8, 4) is 6.07 Å². The van der Waals surface area contributed by atoms with E-state index < -0.39 is 57.9 Å². The lowest BCUT2D eigenvalue weighted by molar-refractivity contribution is -0.118. The van der Waals surface area contributed by atoms with Gasteiger partial charge in [-0.15, -0.1) is 0 Å². The fourth-order valence-electron chi connectivity index (χ4n) is 5.87. The van der Waals surface area contributed by atoms with Crippen LogP contribution in [0, 0.1) is 28.4 Å². The summed E-state index contributed by atoms with van der Waals surface area (Å²) in [6.07, 6.45) is 0.319. The summed E-state index contributed by atoms with van der Waals surface area (Å²) in [5, 5.41) is 17.0. The monoisotopic (exact) mass is 641 g/mol. The maximum absolute atomic E-state index is 15.9. The second-order valence-corrected chi connectivity index (χ2v) is 14.1. The molecule has 2 N–H and O–H groups in total. The minimum Gasteiger partial charge on any atom is -0.456 e. The first kappa shape index (κ1) is 33.4. The molecule has 0 radical (unpaired) electrons. The lowest BCUT2D eigenvalue weighted by Crippen LogP contribution is -2.45. The average molecular weight is 643 g/mol. The number of nitriles is 1. The Balaban J connectivity index is 1.92. The van der Waals surface area contributed by atoms with Gasteiger partial charge in [0.05, 0.1) is 28.4 Å². The number of amides is 1. The molecule has 44 heavy (non-hydrogen) atoms. The van der Waals surface area contributed by atoms with Gasteiger partial charge in [-0.25, -0.2) is 13.6 Å².